The summed E-state index contributed by atoms with van der Waals surface area (Å²) >= 11 is 0. The fourth-order valence-electron chi connectivity index (χ4n) is 2.01. The summed E-state index contributed by atoms with van der Waals surface area (Å²) in [5.74, 6) is -0.429. The predicted octanol–water partition coefficient (Wildman–Crippen LogP) is 2.68. The summed E-state index contributed by atoms with van der Waals surface area (Å²) in [4.78, 5) is 14.9. The zero-order valence-corrected chi connectivity index (χ0v) is 10.5. The number of nitrogens with zero attached hydrogens (tertiary/aromatic N) is 2. The zero-order chi connectivity index (χ0) is 13.2. The van der Waals surface area contributed by atoms with Crippen LogP contribution in [0.1, 0.15) is 23.8 Å². The number of hydrogen-bond acceptors (Lipinski definition) is 4. The van der Waals surface area contributed by atoms with Crippen LogP contribution in [-0.4, -0.2) is 27.8 Å². The quantitative estimate of drug-likeness (QED) is 0.730. The Balaban J connectivity index is 2.09. The molecule has 0 spiro atoms. The van der Waals surface area contributed by atoms with Crippen molar-refractivity contribution in [3.8, 4) is 0 Å². The Morgan fingerprint density at radius 3 is 2.95 bits per heavy atom. The van der Waals surface area contributed by atoms with Crippen LogP contribution in [0.5, 0.6) is 0 Å². The van der Waals surface area contributed by atoms with E-state index in [1.807, 2.05) is 31.2 Å². The molecule has 0 saturated carbocycles. The number of carbonyl (C=O) groups excluding carboxylic acids is 1. The maximum atomic E-state index is 11.8. The summed E-state index contributed by atoms with van der Waals surface area (Å²) in [6.07, 6.45) is 0.786. The zero-order valence-electron chi connectivity index (χ0n) is 10.5. The second-order valence-corrected chi connectivity index (χ2v) is 4.30. The number of nitrogens with one attached hydrogen (secondary N) is 1. The number of hydrogen-bond donors (Lipinski definition) is 1. The van der Waals surface area contributed by atoms with Gasteiger partial charge in [-0.15, -0.1) is 10.2 Å². The molecular formula is C14H13N3O2. The highest BCUT2D eigenvalue weighted by molar-refractivity contribution is 6.07. The van der Waals surface area contributed by atoms with Crippen LogP contribution in [0, 0.1) is 0 Å². The van der Waals surface area contributed by atoms with E-state index in [2.05, 4.69) is 15.2 Å². The number of benzene rings is 1. The number of fused-ring (bicyclic) bond motifs is 3. The van der Waals surface area contributed by atoms with E-state index in [4.69, 9.17) is 4.74 Å². The summed E-state index contributed by atoms with van der Waals surface area (Å²) in [5.41, 5.74) is 1.89. The lowest BCUT2D eigenvalue weighted by atomic mass is 10.2. The van der Waals surface area contributed by atoms with Gasteiger partial charge in [-0.3, -0.25) is 0 Å². The van der Waals surface area contributed by atoms with E-state index in [0.717, 1.165) is 22.7 Å². The van der Waals surface area contributed by atoms with Crippen LogP contribution in [-0.2, 0) is 4.74 Å². The molecule has 0 aliphatic carbocycles. The fourth-order valence-corrected chi connectivity index (χ4v) is 2.01. The Hall–Kier alpha value is -2.43. The molecule has 0 unspecified atom stereocenters. The van der Waals surface area contributed by atoms with Crippen LogP contribution < -0.4 is 0 Å². The standard InChI is InChI=1S/C14H13N3O2/c1-2-7-19-14(18)12-8-10-9-5-3-4-6-11(9)15-13(10)17-16-12/h3-6,8H,2,7H2,1H3,(H,15,17). The van der Waals surface area contributed by atoms with E-state index in [9.17, 15) is 4.79 Å². The Morgan fingerprint density at radius 1 is 1.26 bits per heavy atom. The SMILES string of the molecule is CCCOC(=O)c1cc2c(nn1)[nH]c1ccccc12. The second-order valence-electron chi connectivity index (χ2n) is 4.30. The van der Waals surface area contributed by atoms with Crippen LogP contribution in [0.25, 0.3) is 21.9 Å². The van der Waals surface area contributed by atoms with Crippen molar-refractivity contribution in [1.29, 1.82) is 0 Å². The Bertz CT molecular complexity index is 749. The summed E-state index contributed by atoms with van der Waals surface area (Å²) in [7, 11) is 0. The molecule has 1 aromatic carbocycles. The smallest absolute Gasteiger partial charge is 0.358 e. The van der Waals surface area contributed by atoms with E-state index >= 15 is 0 Å². The minimum atomic E-state index is -0.429. The van der Waals surface area contributed by atoms with Gasteiger partial charge in [-0.05, 0) is 18.6 Å². The van der Waals surface area contributed by atoms with E-state index in [1.165, 1.54) is 0 Å². The molecule has 0 aliphatic rings. The van der Waals surface area contributed by atoms with Crippen molar-refractivity contribution < 1.29 is 9.53 Å². The lowest BCUT2D eigenvalue weighted by molar-refractivity contribution is 0.0497. The van der Waals surface area contributed by atoms with Crippen LogP contribution in [0.2, 0.25) is 0 Å². The average molecular weight is 255 g/mol. The van der Waals surface area contributed by atoms with Gasteiger partial charge in [-0.1, -0.05) is 25.1 Å². The second kappa shape index (κ2) is 4.68. The Labute approximate surface area is 109 Å². The Kier molecular flexibility index (Phi) is 2.87. The number of para-hydroxylation sites is 1. The van der Waals surface area contributed by atoms with Crippen LogP contribution >= 0.6 is 0 Å². The lowest BCUT2D eigenvalue weighted by Crippen LogP contribution is -2.08. The van der Waals surface area contributed by atoms with E-state index in [0.29, 0.717) is 12.3 Å². The van der Waals surface area contributed by atoms with Crippen molar-refractivity contribution >= 4 is 27.9 Å². The summed E-state index contributed by atoms with van der Waals surface area (Å²) in [5, 5.41) is 9.85. The number of ether oxygens (including phenoxy) is 1. The maximum absolute atomic E-state index is 11.8. The minimum absolute atomic E-state index is 0.241. The predicted molar refractivity (Wildman–Crippen MR) is 72.0 cm³/mol. The summed E-state index contributed by atoms with van der Waals surface area (Å²) in [6, 6.07) is 9.56. The molecule has 1 N–H and O–H groups in total. The molecule has 0 saturated heterocycles. The van der Waals surface area contributed by atoms with Gasteiger partial charge < -0.3 is 9.72 Å². The monoisotopic (exact) mass is 255 g/mol. The van der Waals surface area contributed by atoms with Crippen LogP contribution in [0.15, 0.2) is 30.3 Å². The first kappa shape index (κ1) is 11.6. The third-order valence-electron chi connectivity index (χ3n) is 2.91. The van der Waals surface area contributed by atoms with Crippen molar-refractivity contribution in [3.63, 3.8) is 0 Å². The van der Waals surface area contributed by atoms with Gasteiger partial charge in [0.1, 0.15) is 0 Å². The topological polar surface area (TPSA) is 67.9 Å². The number of aromatic amines is 1. The van der Waals surface area contributed by atoms with Crippen molar-refractivity contribution in [2.75, 3.05) is 6.61 Å². The highest BCUT2D eigenvalue weighted by Gasteiger charge is 2.13. The molecule has 19 heavy (non-hydrogen) atoms. The van der Waals surface area contributed by atoms with Crippen LogP contribution in [0.3, 0.4) is 0 Å². The molecule has 5 heteroatoms. The van der Waals surface area contributed by atoms with Gasteiger partial charge in [0.25, 0.3) is 0 Å². The molecule has 0 radical (unpaired) electrons. The molecule has 3 rings (SSSR count). The first-order valence-corrected chi connectivity index (χ1v) is 6.21. The van der Waals surface area contributed by atoms with Crippen molar-refractivity contribution in [2.24, 2.45) is 0 Å². The number of carbonyl (C=O) groups is 1. The molecule has 0 fully saturated rings. The minimum Gasteiger partial charge on any atom is -0.461 e. The molecule has 2 heterocycles. The van der Waals surface area contributed by atoms with Gasteiger partial charge in [0.05, 0.1) is 6.61 Å². The molecule has 96 valence electrons. The summed E-state index contributed by atoms with van der Waals surface area (Å²) < 4.78 is 5.06. The van der Waals surface area contributed by atoms with Crippen molar-refractivity contribution in [3.05, 3.63) is 36.0 Å². The van der Waals surface area contributed by atoms with Crippen molar-refractivity contribution in [2.45, 2.75) is 13.3 Å². The number of H-pyrrole nitrogens is 1. The van der Waals surface area contributed by atoms with Crippen molar-refractivity contribution in [1.82, 2.24) is 15.2 Å². The molecule has 3 aromatic rings. The highest BCUT2D eigenvalue weighted by Crippen LogP contribution is 2.23. The number of rotatable bonds is 3. The normalized spacial score (nSPS) is 11.0. The molecular weight excluding hydrogens is 242 g/mol. The molecule has 0 bridgehead atoms. The largest absolute Gasteiger partial charge is 0.461 e. The van der Waals surface area contributed by atoms with Gasteiger partial charge in [0, 0.05) is 16.3 Å². The van der Waals surface area contributed by atoms with E-state index in [-0.39, 0.29) is 5.69 Å². The number of aromatic nitrogens is 3. The lowest BCUT2D eigenvalue weighted by Gasteiger charge is -2.01. The third-order valence-corrected chi connectivity index (χ3v) is 2.91. The Morgan fingerprint density at radius 2 is 2.11 bits per heavy atom. The van der Waals surface area contributed by atoms with Gasteiger partial charge in [-0.2, -0.15) is 0 Å². The van der Waals surface area contributed by atoms with Crippen LogP contribution in [0.4, 0.5) is 0 Å². The van der Waals surface area contributed by atoms with Gasteiger partial charge >= 0.3 is 5.97 Å². The average Bonchev–Trinajstić information content (AvgIpc) is 2.82. The summed E-state index contributed by atoms with van der Waals surface area (Å²) in [6.45, 7) is 2.34. The molecule has 0 aliphatic heterocycles. The highest BCUT2D eigenvalue weighted by atomic mass is 16.5. The molecule has 2 aromatic heterocycles. The molecule has 5 nitrogen and oxygen atoms in total. The maximum Gasteiger partial charge on any atom is 0.358 e. The van der Waals surface area contributed by atoms with Gasteiger partial charge in [0.15, 0.2) is 11.3 Å². The fraction of sp³-hybridized carbons (Fsp3) is 0.214. The first-order valence-electron chi connectivity index (χ1n) is 6.21. The molecule has 0 atom stereocenters. The van der Waals surface area contributed by atoms with E-state index in [1.54, 1.807) is 6.07 Å². The first-order chi connectivity index (χ1) is 9.29. The number of esters is 1. The third kappa shape index (κ3) is 2.03. The van der Waals surface area contributed by atoms with E-state index < -0.39 is 5.97 Å². The van der Waals surface area contributed by atoms with Gasteiger partial charge in [0.2, 0.25) is 0 Å². The molecule has 0 amide bonds. The van der Waals surface area contributed by atoms with Gasteiger partial charge in [-0.25, -0.2) is 4.79 Å².